The highest BCUT2D eigenvalue weighted by Crippen LogP contribution is 2.25. The molecular weight excluding hydrogens is 266 g/mol. The molecular formula is C16H29N3O2. The molecule has 5 heteroatoms. The molecule has 0 aromatic rings. The summed E-state index contributed by atoms with van der Waals surface area (Å²) in [7, 11) is 1.68. The van der Waals surface area contributed by atoms with Gasteiger partial charge in [-0.05, 0) is 50.6 Å². The van der Waals surface area contributed by atoms with Gasteiger partial charge in [-0.2, -0.15) is 0 Å². The maximum absolute atomic E-state index is 12.4. The molecule has 21 heavy (non-hydrogen) atoms. The summed E-state index contributed by atoms with van der Waals surface area (Å²) in [6.07, 6.45) is 4.70. The van der Waals surface area contributed by atoms with Crippen LogP contribution in [-0.4, -0.2) is 49.9 Å². The van der Waals surface area contributed by atoms with Crippen molar-refractivity contribution in [2.45, 2.75) is 39.0 Å². The number of nitrogens with zero attached hydrogens (tertiary/aromatic N) is 1. The summed E-state index contributed by atoms with van der Waals surface area (Å²) in [6, 6.07) is 0. The standard InChI is InChI=1S/C16H29N3O2/c1-12(14-4-3-7-18-11-14)10-15(20)19-8-5-13(6-9-19)16(21)17-2/h12-14,18H,3-11H2,1-2H3,(H,17,21). The van der Waals surface area contributed by atoms with Crippen LogP contribution in [0.4, 0.5) is 0 Å². The van der Waals surface area contributed by atoms with E-state index in [1.807, 2.05) is 4.90 Å². The predicted molar refractivity (Wildman–Crippen MR) is 82.7 cm³/mol. The van der Waals surface area contributed by atoms with Gasteiger partial charge >= 0.3 is 0 Å². The topological polar surface area (TPSA) is 61.4 Å². The fourth-order valence-electron chi connectivity index (χ4n) is 3.53. The number of piperidine rings is 2. The molecule has 0 aromatic carbocycles. The molecule has 2 heterocycles. The van der Waals surface area contributed by atoms with E-state index in [0.29, 0.717) is 18.3 Å². The van der Waals surface area contributed by atoms with E-state index in [2.05, 4.69) is 17.6 Å². The highest BCUT2D eigenvalue weighted by atomic mass is 16.2. The van der Waals surface area contributed by atoms with Crippen LogP contribution in [0, 0.1) is 17.8 Å². The number of nitrogens with one attached hydrogen (secondary N) is 2. The lowest BCUT2D eigenvalue weighted by molar-refractivity contribution is -0.136. The molecule has 0 saturated carbocycles. The minimum absolute atomic E-state index is 0.0824. The summed E-state index contributed by atoms with van der Waals surface area (Å²) in [5.74, 6) is 1.54. The molecule has 0 spiro atoms. The van der Waals surface area contributed by atoms with Gasteiger partial charge in [-0.3, -0.25) is 9.59 Å². The summed E-state index contributed by atoms with van der Waals surface area (Å²) < 4.78 is 0. The first-order chi connectivity index (χ1) is 10.1. The van der Waals surface area contributed by atoms with Gasteiger partial charge in [0.05, 0.1) is 0 Å². The number of carbonyl (C=O) groups excluding carboxylic acids is 2. The zero-order chi connectivity index (χ0) is 15.2. The molecule has 0 bridgehead atoms. The van der Waals surface area contributed by atoms with Crippen molar-refractivity contribution in [3.8, 4) is 0 Å². The van der Waals surface area contributed by atoms with Crippen molar-refractivity contribution in [1.82, 2.24) is 15.5 Å². The Morgan fingerprint density at radius 3 is 2.57 bits per heavy atom. The van der Waals surface area contributed by atoms with Gasteiger partial charge in [-0.1, -0.05) is 6.92 Å². The first-order valence-corrected chi connectivity index (χ1v) is 8.32. The second-order valence-corrected chi connectivity index (χ2v) is 6.56. The lowest BCUT2D eigenvalue weighted by Crippen LogP contribution is -2.43. The minimum Gasteiger partial charge on any atom is -0.359 e. The second kappa shape index (κ2) is 7.78. The molecule has 2 N–H and O–H groups in total. The third kappa shape index (κ3) is 4.43. The third-order valence-electron chi connectivity index (χ3n) is 5.10. The van der Waals surface area contributed by atoms with Crippen LogP contribution in [0.3, 0.4) is 0 Å². The van der Waals surface area contributed by atoms with Crippen LogP contribution >= 0.6 is 0 Å². The summed E-state index contributed by atoms with van der Waals surface area (Å²) >= 11 is 0. The van der Waals surface area contributed by atoms with Crippen LogP contribution in [0.2, 0.25) is 0 Å². The van der Waals surface area contributed by atoms with Crippen LogP contribution in [0.1, 0.15) is 39.0 Å². The zero-order valence-electron chi connectivity index (χ0n) is 13.4. The van der Waals surface area contributed by atoms with Gasteiger partial charge in [0, 0.05) is 32.5 Å². The Morgan fingerprint density at radius 1 is 1.29 bits per heavy atom. The number of likely N-dealkylation sites (tertiary alicyclic amines) is 1. The number of amides is 2. The highest BCUT2D eigenvalue weighted by Gasteiger charge is 2.29. The van der Waals surface area contributed by atoms with E-state index in [9.17, 15) is 9.59 Å². The number of hydrogen-bond acceptors (Lipinski definition) is 3. The lowest BCUT2D eigenvalue weighted by Gasteiger charge is -2.33. The van der Waals surface area contributed by atoms with Gasteiger partial charge in [-0.25, -0.2) is 0 Å². The third-order valence-corrected chi connectivity index (χ3v) is 5.10. The zero-order valence-corrected chi connectivity index (χ0v) is 13.4. The van der Waals surface area contributed by atoms with E-state index < -0.39 is 0 Å². The molecule has 0 aromatic heterocycles. The van der Waals surface area contributed by atoms with E-state index in [4.69, 9.17) is 0 Å². The van der Waals surface area contributed by atoms with Gasteiger partial charge in [0.15, 0.2) is 0 Å². The first kappa shape index (κ1) is 16.3. The number of carbonyl (C=O) groups is 2. The van der Waals surface area contributed by atoms with E-state index in [0.717, 1.165) is 39.0 Å². The molecule has 2 fully saturated rings. The van der Waals surface area contributed by atoms with Gasteiger partial charge in [0.1, 0.15) is 0 Å². The molecule has 2 rings (SSSR count). The number of rotatable bonds is 4. The molecule has 5 nitrogen and oxygen atoms in total. The summed E-state index contributed by atoms with van der Waals surface area (Å²) in [5, 5.41) is 6.13. The Morgan fingerprint density at radius 2 is 2.00 bits per heavy atom. The fraction of sp³-hybridized carbons (Fsp3) is 0.875. The monoisotopic (exact) mass is 295 g/mol. The lowest BCUT2D eigenvalue weighted by atomic mass is 9.85. The second-order valence-electron chi connectivity index (χ2n) is 6.56. The average molecular weight is 295 g/mol. The first-order valence-electron chi connectivity index (χ1n) is 8.32. The quantitative estimate of drug-likeness (QED) is 0.813. The molecule has 0 radical (unpaired) electrons. The highest BCUT2D eigenvalue weighted by molar-refractivity contribution is 5.79. The Bertz CT molecular complexity index is 359. The van der Waals surface area contributed by atoms with Crippen molar-refractivity contribution >= 4 is 11.8 Å². The molecule has 2 atom stereocenters. The maximum Gasteiger partial charge on any atom is 0.222 e. The predicted octanol–water partition coefficient (Wildman–Crippen LogP) is 0.997. The largest absolute Gasteiger partial charge is 0.359 e. The smallest absolute Gasteiger partial charge is 0.222 e. The Hall–Kier alpha value is -1.10. The maximum atomic E-state index is 12.4. The van der Waals surface area contributed by atoms with Gasteiger partial charge in [-0.15, -0.1) is 0 Å². The molecule has 2 saturated heterocycles. The normalized spacial score (nSPS) is 25.4. The average Bonchev–Trinajstić information content (AvgIpc) is 2.55. The van der Waals surface area contributed by atoms with Crippen LogP contribution in [0.5, 0.6) is 0 Å². The molecule has 2 amide bonds. The van der Waals surface area contributed by atoms with Crippen molar-refractivity contribution in [2.75, 3.05) is 33.2 Å². The number of hydrogen-bond donors (Lipinski definition) is 2. The molecule has 0 aliphatic carbocycles. The van der Waals surface area contributed by atoms with Crippen molar-refractivity contribution in [3.05, 3.63) is 0 Å². The van der Waals surface area contributed by atoms with Gasteiger partial charge in [0.2, 0.25) is 11.8 Å². The van der Waals surface area contributed by atoms with Crippen LogP contribution in [0.15, 0.2) is 0 Å². The summed E-state index contributed by atoms with van der Waals surface area (Å²) in [6.45, 7) is 5.82. The van der Waals surface area contributed by atoms with E-state index in [1.165, 1.54) is 12.8 Å². The fourth-order valence-corrected chi connectivity index (χ4v) is 3.53. The van der Waals surface area contributed by atoms with Crippen molar-refractivity contribution in [2.24, 2.45) is 17.8 Å². The van der Waals surface area contributed by atoms with Crippen LogP contribution < -0.4 is 10.6 Å². The van der Waals surface area contributed by atoms with Crippen molar-refractivity contribution in [3.63, 3.8) is 0 Å². The van der Waals surface area contributed by atoms with Crippen molar-refractivity contribution in [1.29, 1.82) is 0 Å². The summed E-state index contributed by atoms with van der Waals surface area (Å²) in [5.41, 5.74) is 0. The van der Waals surface area contributed by atoms with E-state index in [-0.39, 0.29) is 17.7 Å². The van der Waals surface area contributed by atoms with Crippen molar-refractivity contribution < 1.29 is 9.59 Å². The molecule has 2 aliphatic heterocycles. The van der Waals surface area contributed by atoms with E-state index >= 15 is 0 Å². The Kier molecular flexibility index (Phi) is 6.03. The van der Waals surface area contributed by atoms with E-state index in [1.54, 1.807) is 7.05 Å². The van der Waals surface area contributed by atoms with Crippen LogP contribution in [-0.2, 0) is 9.59 Å². The Labute approximate surface area is 127 Å². The molecule has 2 aliphatic rings. The molecule has 120 valence electrons. The summed E-state index contributed by atoms with van der Waals surface area (Å²) in [4.78, 5) is 26.0. The minimum atomic E-state index is 0.0824. The molecule has 2 unspecified atom stereocenters. The van der Waals surface area contributed by atoms with Crippen LogP contribution in [0.25, 0.3) is 0 Å². The van der Waals surface area contributed by atoms with Gasteiger partial charge in [0.25, 0.3) is 0 Å². The SMILES string of the molecule is CNC(=O)C1CCN(C(=O)CC(C)C2CCCNC2)CC1. The van der Waals surface area contributed by atoms with Gasteiger partial charge < -0.3 is 15.5 Å². The Balaban J connectivity index is 1.75.